The number of benzene rings is 1. The van der Waals surface area contributed by atoms with E-state index in [1.807, 2.05) is 6.92 Å². The maximum absolute atomic E-state index is 12.6. The number of amides is 1. The molecule has 154 valence electrons. The third kappa shape index (κ3) is 6.35. The number of hydrogen-bond donors (Lipinski definition) is 1. The van der Waals surface area contributed by atoms with E-state index in [1.54, 1.807) is 0 Å². The molecule has 1 spiro atoms. The molecule has 4 nitrogen and oxygen atoms in total. The Morgan fingerprint density at radius 3 is 2.41 bits per heavy atom. The molecule has 0 bridgehead atoms. The zero-order valence-electron chi connectivity index (χ0n) is 16.4. The maximum Gasteiger partial charge on any atom is 0.222 e. The average molecular weight is 416 g/mol. The van der Waals surface area contributed by atoms with Gasteiger partial charge in [-0.2, -0.15) is 0 Å². The van der Waals surface area contributed by atoms with Crippen LogP contribution in [0.15, 0.2) is 30.3 Å². The van der Waals surface area contributed by atoms with Crippen LogP contribution >= 0.6 is 24.8 Å². The summed E-state index contributed by atoms with van der Waals surface area (Å²) in [6.07, 6.45) is 7.72. The molecule has 27 heavy (non-hydrogen) atoms. The smallest absolute Gasteiger partial charge is 0.222 e. The standard InChI is InChI=1S/C21H33N3O.2ClH/c1-18(22)10-11-20(25)23-14-15-24(16-19-8-4-2-5-9-19)21(17-23)12-6-3-7-13-21;;/h2,4-5,8-9,18H,3,6-7,10-17,22H2,1H3;2*1H. The molecular formula is C21H35Cl2N3O. The SMILES string of the molecule is CC(N)CCC(=O)N1CCN(Cc2ccccc2)C2(CCCCC2)C1.Cl.Cl. The molecular weight excluding hydrogens is 381 g/mol. The van der Waals surface area contributed by atoms with Gasteiger partial charge in [-0.3, -0.25) is 9.69 Å². The highest BCUT2D eigenvalue weighted by Crippen LogP contribution is 2.37. The summed E-state index contributed by atoms with van der Waals surface area (Å²) in [4.78, 5) is 17.4. The van der Waals surface area contributed by atoms with Gasteiger partial charge in [-0.25, -0.2) is 0 Å². The van der Waals surface area contributed by atoms with E-state index in [0.29, 0.717) is 12.3 Å². The maximum atomic E-state index is 12.6. The van der Waals surface area contributed by atoms with Crippen LogP contribution < -0.4 is 5.73 Å². The van der Waals surface area contributed by atoms with Crippen molar-refractivity contribution in [1.29, 1.82) is 0 Å². The van der Waals surface area contributed by atoms with Crippen molar-refractivity contribution in [3.63, 3.8) is 0 Å². The molecule has 2 aliphatic rings. The van der Waals surface area contributed by atoms with Gasteiger partial charge in [0, 0.05) is 44.2 Å². The molecule has 1 heterocycles. The van der Waals surface area contributed by atoms with Gasteiger partial charge in [-0.15, -0.1) is 24.8 Å². The topological polar surface area (TPSA) is 49.6 Å². The molecule has 1 saturated carbocycles. The van der Waals surface area contributed by atoms with Gasteiger partial charge in [0.05, 0.1) is 0 Å². The van der Waals surface area contributed by atoms with Crippen molar-refractivity contribution < 1.29 is 4.79 Å². The fourth-order valence-electron chi connectivity index (χ4n) is 4.47. The van der Waals surface area contributed by atoms with Gasteiger partial charge in [0.1, 0.15) is 0 Å². The van der Waals surface area contributed by atoms with E-state index in [2.05, 4.69) is 40.1 Å². The molecule has 1 amide bonds. The molecule has 1 aliphatic heterocycles. The summed E-state index contributed by atoms with van der Waals surface area (Å²) in [6.45, 7) is 5.72. The third-order valence-electron chi connectivity index (χ3n) is 5.96. The van der Waals surface area contributed by atoms with E-state index in [1.165, 1.54) is 37.7 Å². The Hall–Kier alpha value is -0.810. The van der Waals surface area contributed by atoms with Gasteiger partial charge in [0.2, 0.25) is 5.91 Å². The van der Waals surface area contributed by atoms with Crippen molar-refractivity contribution in [3.8, 4) is 0 Å². The number of nitrogens with two attached hydrogens (primary N) is 1. The number of piperazine rings is 1. The zero-order chi connectivity index (χ0) is 17.7. The summed E-state index contributed by atoms with van der Waals surface area (Å²) < 4.78 is 0. The highest BCUT2D eigenvalue weighted by molar-refractivity contribution is 5.85. The average Bonchev–Trinajstić information content (AvgIpc) is 2.63. The summed E-state index contributed by atoms with van der Waals surface area (Å²) in [6, 6.07) is 10.9. The van der Waals surface area contributed by atoms with Crippen molar-refractivity contribution in [2.75, 3.05) is 19.6 Å². The van der Waals surface area contributed by atoms with Crippen LogP contribution in [0.25, 0.3) is 0 Å². The van der Waals surface area contributed by atoms with Gasteiger partial charge < -0.3 is 10.6 Å². The van der Waals surface area contributed by atoms with Gasteiger partial charge >= 0.3 is 0 Å². The molecule has 2 N–H and O–H groups in total. The molecule has 1 aliphatic carbocycles. The summed E-state index contributed by atoms with van der Waals surface area (Å²) in [5, 5.41) is 0. The predicted octanol–water partition coefficient (Wildman–Crippen LogP) is 4.00. The number of hydrogen-bond acceptors (Lipinski definition) is 3. The van der Waals surface area contributed by atoms with Crippen LogP contribution in [-0.4, -0.2) is 46.9 Å². The Morgan fingerprint density at radius 2 is 1.78 bits per heavy atom. The number of rotatable bonds is 5. The predicted molar refractivity (Wildman–Crippen MR) is 117 cm³/mol. The minimum atomic E-state index is 0. The van der Waals surface area contributed by atoms with E-state index in [0.717, 1.165) is 32.6 Å². The first-order valence-corrected chi connectivity index (χ1v) is 9.91. The number of halogens is 2. The van der Waals surface area contributed by atoms with Crippen LogP contribution in [0.2, 0.25) is 0 Å². The Labute approximate surface area is 176 Å². The van der Waals surface area contributed by atoms with Crippen molar-refractivity contribution in [2.24, 2.45) is 5.73 Å². The summed E-state index contributed by atoms with van der Waals surface area (Å²) in [5.41, 5.74) is 7.39. The monoisotopic (exact) mass is 415 g/mol. The molecule has 0 aromatic heterocycles. The first-order valence-electron chi connectivity index (χ1n) is 9.91. The van der Waals surface area contributed by atoms with E-state index >= 15 is 0 Å². The quantitative estimate of drug-likeness (QED) is 0.789. The zero-order valence-corrected chi connectivity index (χ0v) is 18.1. The van der Waals surface area contributed by atoms with E-state index < -0.39 is 0 Å². The normalized spacial score (nSPS) is 20.4. The van der Waals surface area contributed by atoms with Gasteiger partial charge in [-0.1, -0.05) is 49.6 Å². The van der Waals surface area contributed by atoms with Gasteiger partial charge in [-0.05, 0) is 31.7 Å². The van der Waals surface area contributed by atoms with Crippen molar-refractivity contribution in [2.45, 2.75) is 70.0 Å². The second-order valence-corrected chi connectivity index (χ2v) is 8.02. The Morgan fingerprint density at radius 1 is 1.11 bits per heavy atom. The summed E-state index contributed by atoms with van der Waals surface area (Å²) in [7, 11) is 0. The lowest BCUT2D eigenvalue weighted by molar-refractivity contribution is -0.139. The Kier molecular flexibility index (Phi) is 10.1. The molecule has 0 radical (unpaired) electrons. The molecule has 6 heteroatoms. The lowest BCUT2D eigenvalue weighted by Gasteiger charge is -2.53. The third-order valence-corrected chi connectivity index (χ3v) is 5.96. The van der Waals surface area contributed by atoms with Crippen molar-refractivity contribution >= 4 is 30.7 Å². The molecule has 1 aromatic carbocycles. The van der Waals surface area contributed by atoms with E-state index in [4.69, 9.17) is 5.73 Å². The minimum Gasteiger partial charge on any atom is -0.340 e. The van der Waals surface area contributed by atoms with Crippen molar-refractivity contribution in [1.82, 2.24) is 9.80 Å². The molecule has 1 saturated heterocycles. The molecule has 1 aromatic rings. The van der Waals surface area contributed by atoms with Crippen LogP contribution in [0.1, 0.15) is 57.4 Å². The van der Waals surface area contributed by atoms with Crippen LogP contribution in [-0.2, 0) is 11.3 Å². The van der Waals surface area contributed by atoms with Gasteiger partial charge in [0.25, 0.3) is 0 Å². The lowest BCUT2D eigenvalue weighted by atomic mass is 9.78. The molecule has 1 unspecified atom stereocenters. The molecule has 3 rings (SSSR count). The van der Waals surface area contributed by atoms with Crippen LogP contribution in [0, 0.1) is 0 Å². The number of nitrogens with zero attached hydrogens (tertiary/aromatic N) is 2. The van der Waals surface area contributed by atoms with Gasteiger partial charge in [0.15, 0.2) is 0 Å². The summed E-state index contributed by atoms with van der Waals surface area (Å²) >= 11 is 0. The largest absolute Gasteiger partial charge is 0.340 e. The fourth-order valence-corrected chi connectivity index (χ4v) is 4.47. The van der Waals surface area contributed by atoms with Crippen LogP contribution in [0.3, 0.4) is 0 Å². The number of carbonyl (C=O) groups excluding carboxylic acids is 1. The first kappa shape index (κ1) is 24.2. The van der Waals surface area contributed by atoms with Crippen LogP contribution in [0.4, 0.5) is 0 Å². The second-order valence-electron chi connectivity index (χ2n) is 8.02. The summed E-state index contributed by atoms with van der Waals surface area (Å²) in [5.74, 6) is 0.293. The Balaban J connectivity index is 0.00000182. The molecule has 1 atom stereocenters. The highest BCUT2D eigenvalue weighted by Gasteiger charge is 2.43. The van der Waals surface area contributed by atoms with E-state index in [-0.39, 0.29) is 36.4 Å². The molecule has 2 fully saturated rings. The van der Waals surface area contributed by atoms with Crippen molar-refractivity contribution in [3.05, 3.63) is 35.9 Å². The fraction of sp³-hybridized carbons (Fsp3) is 0.667. The second kappa shape index (κ2) is 11.3. The van der Waals surface area contributed by atoms with E-state index in [9.17, 15) is 4.79 Å². The Bertz CT molecular complexity index is 562. The minimum absolute atomic E-state index is 0. The highest BCUT2D eigenvalue weighted by atomic mass is 35.5. The van der Waals surface area contributed by atoms with Crippen LogP contribution in [0.5, 0.6) is 0 Å². The number of carbonyl (C=O) groups is 1. The lowest BCUT2D eigenvalue weighted by Crippen LogP contribution is -2.63. The first-order chi connectivity index (χ1) is 12.1.